The van der Waals surface area contributed by atoms with Crippen molar-refractivity contribution in [2.75, 3.05) is 5.32 Å². The van der Waals surface area contributed by atoms with Crippen LogP contribution in [0.2, 0.25) is 0 Å². The maximum Gasteiger partial charge on any atom is 0.274 e. The largest absolute Gasteiger partial charge is 0.326 e. The lowest BCUT2D eigenvalue weighted by Crippen LogP contribution is -2.18. The third-order valence-corrected chi connectivity index (χ3v) is 5.40. The van der Waals surface area contributed by atoms with Gasteiger partial charge in [0.05, 0.1) is 11.4 Å². The Morgan fingerprint density at radius 2 is 1.96 bits per heavy atom. The number of fused-ring (bicyclic) bond motifs is 1. The van der Waals surface area contributed by atoms with Gasteiger partial charge >= 0.3 is 0 Å². The predicted molar refractivity (Wildman–Crippen MR) is 101 cm³/mol. The van der Waals surface area contributed by atoms with E-state index in [2.05, 4.69) is 29.0 Å². The highest BCUT2D eigenvalue weighted by Gasteiger charge is 2.28. The zero-order valence-corrected chi connectivity index (χ0v) is 14.9. The minimum atomic E-state index is -0.515. The number of imidazole rings is 1. The first-order valence-electron chi connectivity index (χ1n) is 9.27. The van der Waals surface area contributed by atoms with Gasteiger partial charge in [0.1, 0.15) is 0 Å². The van der Waals surface area contributed by atoms with Gasteiger partial charge in [0.15, 0.2) is 0 Å². The lowest BCUT2D eigenvalue weighted by atomic mass is 9.96. The molecule has 1 amide bonds. The van der Waals surface area contributed by atoms with Gasteiger partial charge in [-0.1, -0.05) is 25.8 Å². The molecule has 3 N–H and O–H groups in total. The van der Waals surface area contributed by atoms with Crippen LogP contribution in [-0.4, -0.2) is 20.7 Å². The van der Waals surface area contributed by atoms with Crippen LogP contribution in [0.4, 0.5) is 11.6 Å². The molecule has 6 nitrogen and oxygen atoms in total. The normalized spacial score (nSPS) is 19.4. The van der Waals surface area contributed by atoms with Gasteiger partial charge in [-0.2, -0.15) is 0 Å². The number of carbonyl (C=O) groups is 1. The van der Waals surface area contributed by atoms with Crippen LogP contribution in [-0.2, 0) is 0 Å². The number of allylic oxidation sites excluding steroid dienone is 1. The van der Waals surface area contributed by atoms with E-state index in [1.807, 2.05) is 12.1 Å². The van der Waals surface area contributed by atoms with Crippen LogP contribution in [0.3, 0.4) is 0 Å². The van der Waals surface area contributed by atoms with E-state index >= 15 is 0 Å². The number of nitrogens with zero attached hydrogens (tertiary/aromatic N) is 2. The summed E-state index contributed by atoms with van der Waals surface area (Å²) in [5.74, 6) is 0.826. The second-order valence-electron chi connectivity index (χ2n) is 7.20. The number of hydroxylamine groups is 1. The number of nitrogens with one attached hydrogen (secondary N) is 2. The quantitative estimate of drug-likeness (QED) is 0.563. The van der Waals surface area contributed by atoms with Gasteiger partial charge in [0, 0.05) is 23.2 Å². The first kappa shape index (κ1) is 16.8. The van der Waals surface area contributed by atoms with Crippen molar-refractivity contribution in [3.05, 3.63) is 47.3 Å². The van der Waals surface area contributed by atoms with Crippen LogP contribution in [0.25, 0.3) is 6.08 Å². The van der Waals surface area contributed by atoms with Gasteiger partial charge in [0.25, 0.3) is 5.91 Å². The highest BCUT2D eigenvalue weighted by Crippen LogP contribution is 2.40. The third kappa shape index (κ3) is 3.01. The molecule has 1 aromatic heterocycles. The fourth-order valence-electron chi connectivity index (χ4n) is 4.09. The molecule has 1 unspecified atom stereocenters. The van der Waals surface area contributed by atoms with Gasteiger partial charge in [-0.15, -0.1) is 0 Å². The van der Waals surface area contributed by atoms with Crippen molar-refractivity contribution < 1.29 is 10.0 Å². The number of rotatable bonds is 4. The minimum absolute atomic E-state index is 0.410. The molecule has 0 aliphatic heterocycles. The summed E-state index contributed by atoms with van der Waals surface area (Å²) in [6.07, 6.45) is 10.3. The highest BCUT2D eigenvalue weighted by atomic mass is 16.5. The minimum Gasteiger partial charge on any atom is -0.326 e. The Morgan fingerprint density at radius 3 is 2.65 bits per heavy atom. The molecule has 0 bridgehead atoms. The molecular weight excluding hydrogens is 328 g/mol. The van der Waals surface area contributed by atoms with Gasteiger partial charge in [0.2, 0.25) is 5.95 Å². The van der Waals surface area contributed by atoms with Crippen LogP contribution in [0.15, 0.2) is 30.3 Å². The average Bonchev–Trinajstić information content (AvgIpc) is 3.29. The molecule has 6 heteroatoms. The van der Waals surface area contributed by atoms with E-state index in [0.29, 0.717) is 17.5 Å². The number of hydrogen-bond donors (Lipinski definition) is 3. The summed E-state index contributed by atoms with van der Waals surface area (Å²) < 4.78 is 2.41. The molecule has 2 aliphatic carbocycles. The molecule has 1 heterocycles. The summed E-state index contributed by atoms with van der Waals surface area (Å²) in [4.78, 5) is 16.3. The van der Waals surface area contributed by atoms with Crippen molar-refractivity contribution >= 4 is 23.6 Å². The number of carbonyl (C=O) groups excluding carboxylic acids is 1. The predicted octanol–water partition coefficient (Wildman–Crippen LogP) is 4.38. The second kappa shape index (κ2) is 6.96. The number of amides is 1. The average molecular weight is 352 g/mol. The maximum atomic E-state index is 11.5. The van der Waals surface area contributed by atoms with E-state index in [1.165, 1.54) is 31.4 Å². The molecule has 26 heavy (non-hydrogen) atoms. The van der Waals surface area contributed by atoms with Gasteiger partial charge < -0.3 is 9.88 Å². The van der Waals surface area contributed by atoms with E-state index in [1.54, 1.807) is 17.6 Å². The molecule has 0 spiro atoms. The molecule has 0 saturated heterocycles. The Kier molecular flexibility index (Phi) is 4.51. The van der Waals surface area contributed by atoms with Crippen LogP contribution < -0.4 is 10.8 Å². The highest BCUT2D eigenvalue weighted by molar-refractivity contribution is 5.93. The lowest BCUT2D eigenvalue weighted by molar-refractivity contribution is 0.0706. The van der Waals surface area contributed by atoms with E-state index in [0.717, 1.165) is 23.8 Å². The maximum absolute atomic E-state index is 11.5. The Balaban J connectivity index is 1.68. The molecule has 1 saturated carbocycles. The zero-order chi connectivity index (χ0) is 18.1. The fourth-order valence-corrected chi connectivity index (χ4v) is 4.09. The number of benzene rings is 1. The standard InChI is InChI=1S/C20H24N4O2/c1-13-5-4-8-17-18(13)24(16-6-2-3-7-16)20(22-17)21-15-11-9-14(10-12-15)19(25)23-26/h4,8-13,16,26H,2-3,5-7H2,1H3,(H,21,22)(H,23,25). The molecule has 0 radical (unpaired) electrons. The Labute approximate surface area is 152 Å². The monoisotopic (exact) mass is 352 g/mol. The van der Waals surface area contributed by atoms with Crippen molar-refractivity contribution in [2.24, 2.45) is 0 Å². The molecule has 2 aromatic rings. The Bertz CT molecular complexity index is 832. The van der Waals surface area contributed by atoms with E-state index < -0.39 is 5.91 Å². The molecule has 4 rings (SSSR count). The summed E-state index contributed by atoms with van der Waals surface area (Å²) in [6, 6.07) is 7.52. The van der Waals surface area contributed by atoms with Crippen LogP contribution in [0.1, 0.15) is 72.7 Å². The van der Waals surface area contributed by atoms with Crippen molar-refractivity contribution in [1.82, 2.24) is 15.0 Å². The Hall–Kier alpha value is -2.60. The summed E-state index contributed by atoms with van der Waals surface area (Å²) in [5, 5.41) is 12.2. The van der Waals surface area contributed by atoms with Crippen LogP contribution in [0, 0.1) is 0 Å². The topological polar surface area (TPSA) is 79.2 Å². The van der Waals surface area contributed by atoms with Crippen LogP contribution >= 0.6 is 0 Å². The van der Waals surface area contributed by atoms with Crippen LogP contribution in [0.5, 0.6) is 0 Å². The molecular formula is C20H24N4O2. The van der Waals surface area contributed by atoms with Crippen molar-refractivity contribution in [2.45, 2.75) is 51.0 Å². The van der Waals surface area contributed by atoms with E-state index in [4.69, 9.17) is 10.2 Å². The first-order chi connectivity index (χ1) is 12.7. The zero-order valence-electron chi connectivity index (χ0n) is 14.9. The van der Waals surface area contributed by atoms with E-state index in [-0.39, 0.29) is 0 Å². The van der Waals surface area contributed by atoms with Crippen molar-refractivity contribution in [3.8, 4) is 0 Å². The second-order valence-corrected chi connectivity index (χ2v) is 7.20. The summed E-state index contributed by atoms with van der Waals surface area (Å²) in [7, 11) is 0. The van der Waals surface area contributed by atoms with Gasteiger partial charge in [-0.05, 0) is 49.6 Å². The lowest BCUT2D eigenvalue weighted by Gasteiger charge is -2.23. The summed E-state index contributed by atoms with van der Waals surface area (Å²) in [5.41, 5.74) is 5.33. The van der Waals surface area contributed by atoms with E-state index in [9.17, 15) is 4.79 Å². The summed E-state index contributed by atoms with van der Waals surface area (Å²) >= 11 is 0. The number of hydrogen-bond acceptors (Lipinski definition) is 4. The molecule has 1 aromatic carbocycles. The Morgan fingerprint density at radius 1 is 1.23 bits per heavy atom. The number of aromatic nitrogens is 2. The fraction of sp³-hybridized carbons (Fsp3) is 0.400. The molecule has 1 atom stereocenters. The number of anilines is 2. The van der Waals surface area contributed by atoms with Crippen molar-refractivity contribution in [3.63, 3.8) is 0 Å². The molecule has 1 fully saturated rings. The van der Waals surface area contributed by atoms with Gasteiger partial charge in [-0.3, -0.25) is 10.0 Å². The van der Waals surface area contributed by atoms with Crippen molar-refractivity contribution in [1.29, 1.82) is 0 Å². The molecule has 136 valence electrons. The SMILES string of the molecule is CC1CC=Cc2nc(Nc3ccc(C(=O)NO)cc3)n(C3CCCC3)c21. The third-order valence-electron chi connectivity index (χ3n) is 5.40. The smallest absolute Gasteiger partial charge is 0.274 e. The molecule has 2 aliphatic rings. The summed E-state index contributed by atoms with van der Waals surface area (Å²) in [6.45, 7) is 2.27. The van der Waals surface area contributed by atoms with Gasteiger partial charge in [-0.25, -0.2) is 10.5 Å². The first-order valence-corrected chi connectivity index (χ1v) is 9.27.